The molecule has 0 spiro atoms. The molecule has 1 saturated heterocycles. The predicted molar refractivity (Wildman–Crippen MR) is 67.6 cm³/mol. The first-order valence-corrected chi connectivity index (χ1v) is 6.19. The molecule has 4 nitrogen and oxygen atoms in total. The third-order valence-electron chi connectivity index (χ3n) is 3.23. The molecule has 0 atom stereocenters. The zero-order chi connectivity index (χ0) is 13.8. The summed E-state index contributed by atoms with van der Waals surface area (Å²) in [5.41, 5.74) is 0.386. The lowest BCUT2D eigenvalue weighted by Crippen LogP contribution is -2.43. The fourth-order valence-corrected chi connectivity index (χ4v) is 2.19. The number of hydrogen-bond acceptors (Lipinski definition) is 4. The molecule has 1 fully saturated rings. The van der Waals surface area contributed by atoms with Gasteiger partial charge in [-0.25, -0.2) is 4.39 Å². The van der Waals surface area contributed by atoms with E-state index in [4.69, 9.17) is 9.47 Å². The zero-order valence-electron chi connectivity index (χ0n) is 11.1. The van der Waals surface area contributed by atoms with Gasteiger partial charge in [0.25, 0.3) is 0 Å². The van der Waals surface area contributed by atoms with Crippen molar-refractivity contribution in [1.29, 1.82) is 0 Å². The van der Waals surface area contributed by atoms with Crippen LogP contribution in [-0.4, -0.2) is 45.3 Å². The van der Waals surface area contributed by atoms with Crippen molar-refractivity contribution in [3.8, 4) is 11.5 Å². The number of nitrogens with zero attached hydrogens (tertiary/aromatic N) is 1. The summed E-state index contributed by atoms with van der Waals surface area (Å²) in [6.45, 7) is 3.83. The number of hydrogen-bond donors (Lipinski definition) is 1. The molecule has 1 aliphatic heterocycles. The van der Waals surface area contributed by atoms with E-state index in [1.165, 1.54) is 20.3 Å². The quantitative estimate of drug-likeness (QED) is 0.898. The lowest BCUT2D eigenvalue weighted by Gasteiger charge is -2.27. The Kier molecular flexibility index (Phi) is 4.55. The summed E-state index contributed by atoms with van der Waals surface area (Å²) >= 11 is 0. The number of piperazine rings is 1. The van der Waals surface area contributed by atoms with Crippen molar-refractivity contribution in [2.75, 3.05) is 40.4 Å². The van der Waals surface area contributed by atoms with Gasteiger partial charge in [0.05, 0.1) is 14.2 Å². The number of benzene rings is 1. The molecule has 0 amide bonds. The van der Waals surface area contributed by atoms with E-state index in [9.17, 15) is 8.78 Å². The fourth-order valence-electron chi connectivity index (χ4n) is 2.19. The van der Waals surface area contributed by atoms with Gasteiger partial charge in [-0.15, -0.1) is 0 Å². The van der Waals surface area contributed by atoms with E-state index in [0.717, 1.165) is 26.2 Å². The molecular weight excluding hydrogens is 254 g/mol. The van der Waals surface area contributed by atoms with E-state index in [2.05, 4.69) is 10.2 Å². The molecule has 0 saturated carbocycles. The van der Waals surface area contributed by atoms with Crippen molar-refractivity contribution in [2.45, 2.75) is 6.54 Å². The van der Waals surface area contributed by atoms with Gasteiger partial charge < -0.3 is 14.8 Å². The first kappa shape index (κ1) is 14.0. The molecule has 0 bridgehead atoms. The van der Waals surface area contributed by atoms with Crippen LogP contribution in [0.1, 0.15) is 5.56 Å². The van der Waals surface area contributed by atoms with Crippen molar-refractivity contribution >= 4 is 0 Å². The molecule has 0 radical (unpaired) electrons. The molecule has 0 unspecified atom stereocenters. The van der Waals surface area contributed by atoms with E-state index >= 15 is 0 Å². The molecule has 0 aromatic heterocycles. The minimum absolute atomic E-state index is 0.00313. The third kappa shape index (κ3) is 2.96. The highest BCUT2D eigenvalue weighted by Crippen LogP contribution is 2.32. The van der Waals surface area contributed by atoms with Crippen LogP contribution in [0.5, 0.6) is 11.5 Å². The topological polar surface area (TPSA) is 33.7 Å². The van der Waals surface area contributed by atoms with E-state index in [0.29, 0.717) is 12.1 Å². The highest BCUT2D eigenvalue weighted by atomic mass is 19.1. The van der Waals surface area contributed by atoms with Crippen LogP contribution >= 0.6 is 0 Å². The Balaban J connectivity index is 2.28. The maximum absolute atomic E-state index is 14.1. The Hall–Kier alpha value is -1.40. The highest BCUT2D eigenvalue weighted by Gasteiger charge is 2.21. The zero-order valence-corrected chi connectivity index (χ0v) is 11.1. The van der Waals surface area contributed by atoms with Crippen molar-refractivity contribution in [3.05, 3.63) is 23.3 Å². The van der Waals surface area contributed by atoms with Crippen LogP contribution in [-0.2, 0) is 6.54 Å². The van der Waals surface area contributed by atoms with Crippen LogP contribution in [0, 0.1) is 11.6 Å². The molecule has 2 rings (SSSR count). The van der Waals surface area contributed by atoms with Crippen LogP contribution in [0.15, 0.2) is 6.07 Å². The minimum Gasteiger partial charge on any atom is -0.494 e. The van der Waals surface area contributed by atoms with Gasteiger partial charge in [-0.3, -0.25) is 4.90 Å². The molecule has 1 N–H and O–H groups in total. The third-order valence-corrected chi connectivity index (χ3v) is 3.23. The van der Waals surface area contributed by atoms with Crippen LogP contribution in [0.2, 0.25) is 0 Å². The van der Waals surface area contributed by atoms with E-state index in [1.54, 1.807) is 0 Å². The van der Waals surface area contributed by atoms with E-state index in [-0.39, 0.29) is 11.5 Å². The largest absolute Gasteiger partial charge is 0.494 e. The van der Waals surface area contributed by atoms with Crippen molar-refractivity contribution in [2.24, 2.45) is 0 Å². The van der Waals surface area contributed by atoms with Gasteiger partial charge in [0.2, 0.25) is 5.82 Å². The average molecular weight is 272 g/mol. The normalized spacial score (nSPS) is 16.4. The standard InChI is InChI=1S/C13H18F2N2O2/c1-18-10-7-9(8-17-5-3-16-4-6-17)11(14)13(19-2)12(10)15/h7,16H,3-6,8H2,1-2H3. The van der Waals surface area contributed by atoms with Gasteiger partial charge in [0, 0.05) is 38.3 Å². The molecule has 106 valence electrons. The molecule has 1 aromatic rings. The minimum atomic E-state index is -0.799. The maximum Gasteiger partial charge on any atom is 0.209 e. The lowest BCUT2D eigenvalue weighted by atomic mass is 10.1. The van der Waals surface area contributed by atoms with Gasteiger partial charge in [-0.2, -0.15) is 4.39 Å². The molecule has 0 aliphatic carbocycles. The van der Waals surface area contributed by atoms with Gasteiger partial charge in [0.15, 0.2) is 17.3 Å². The summed E-state index contributed by atoms with van der Waals surface area (Å²) in [6.07, 6.45) is 0. The monoisotopic (exact) mass is 272 g/mol. The van der Waals surface area contributed by atoms with Crippen molar-refractivity contribution in [1.82, 2.24) is 10.2 Å². The van der Waals surface area contributed by atoms with Gasteiger partial charge in [0.1, 0.15) is 0 Å². The molecule has 1 aromatic carbocycles. The summed E-state index contributed by atoms with van der Waals surface area (Å²) in [4.78, 5) is 2.10. The second kappa shape index (κ2) is 6.16. The summed E-state index contributed by atoms with van der Waals surface area (Å²) in [6, 6.07) is 1.40. The van der Waals surface area contributed by atoms with Gasteiger partial charge in [-0.1, -0.05) is 0 Å². The number of rotatable bonds is 4. The predicted octanol–water partition coefficient (Wildman–Crippen LogP) is 1.39. The Morgan fingerprint density at radius 1 is 1.16 bits per heavy atom. The summed E-state index contributed by atoms with van der Waals surface area (Å²) in [5.74, 6) is -1.83. The highest BCUT2D eigenvalue weighted by molar-refractivity contribution is 5.42. The van der Waals surface area contributed by atoms with Crippen LogP contribution < -0.4 is 14.8 Å². The molecule has 6 heteroatoms. The fraction of sp³-hybridized carbons (Fsp3) is 0.538. The van der Waals surface area contributed by atoms with E-state index in [1.807, 2.05) is 0 Å². The lowest BCUT2D eigenvalue weighted by molar-refractivity contribution is 0.228. The molecular formula is C13H18F2N2O2. The summed E-state index contributed by atoms with van der Waals surface area (Å²) in [7, 11) is 2.60. The summed E-state index contributed by atoms with van der Waals surface area (Å²) in [5, 5.41) is 3.22. The second-order valence-corrected chi connectivity index (χ2v) is 4.43. The van der Waals surface area contributed by atoms with Crippen molar-refractivity contribution < 1.29 is 18.3 Å². The summed E-state index contributed by atoms with van der Waals surface area (Å²) < 4.78 is 37.6. The number of ether oxygens (including phenoxy) is 2. The first-order valence-electron chi connectivity index (χ1n) is 6.19. The Morgan fingerprint density at radius 2 is 1.84 bits per heavy atom. The van der Waals surface area contributed by atoms with Crippen LogP contribution in [0.25, 0.3) is 0 Å². The molecule has 19 heavy (non-hydrogen) atoms. The number of methoxy groups -OCH3 is 2. The smallest absolute Gasteiger partial charge is 0.209 e. The Bertz CT molecular complexity index is 449. The van der Waals surface area contributed by atoms with Crippen LogP contribution in [0.4, 0.5) is 8.78 Å². The van der Waals surface area contributed by atoms with Gasteiger partial charge >= 0.3 is 0 Å². The first-order chi connectivity index (χ1) is 9.17. The molecule has 1 heterocycles. The Morgan fingerprint density at radius 3 is 2.42 bits per heavy atom. The second-order valence-electron chi connectivity index (χ2n) is 4.43. The molecule has 1 aliphatic rings. The van der Waals surface area contributed by atoms with Crippen molar-refractivity contribution in [3.63, 3.8) is 0 Å². The van der Waals surface area contributed by atoms with Gasteiger partial charge in [-0.05, 0) is 6.07 Å². The average Bonchev–Trinajstić information content (AvgIpc) is 2.44. The maximum atomic E-state index is 14.1. The Labute approximate surface area is 111 Å². The SMILES string of the molecule is COc1cc(CN2CCNCC2)c(F)c(OC)c1F. The number of nitrogens with one attached hydrogen (secondary N) is 1. The number of halogens is 2. The van der Waals surface area contributed by atoms with Crippen LogP contribution in [0.3, 0.4) is 0 Å². The van der Waals surface area contributed by atoms with E-state index < -0.39 is 11.6 Å².